The largest absolute Gasteiger partial charge is 0.468 e. The molecule has 1 aliphatic carbocycles. The molecule has 0 radical (unpaired) electrons. The Bertz CT molecular complexity index is 239. The van der Waals surface area contributed by atoms with Crippen LogP contribution in [0.2, 0.25) is 0 Å². The van der Waals surface area contributed by atoms with Crippen LogP contribution < -0.4 is 0 Å². The Morgan fingerprint density at radius 3 is 2.79 bits per heavy atom. The van der Waals surface area contributed by atoms with E-state index in [2.05, 4.69) is 18.6 Å². The molecule has 1 aliphatic rings. The molecule has 0 spiro atoms. The highest BCUT2D eigenvalue weighted by Gasteiger charge is 2.39. The monoisotopic (exact) mass is 198 g/mol. The van der Waals surface area contributed by atoms with E-state index in [1.807, 2.05) is 0 Å². The fourth-order valence-corrected chi connectivity index (χ4v) is 1.99. The van der Waals surface area contributed by atoms with Crippen LogP contribution in [0.3, 0.4) is 0 Å². The molecule has 0 aromatic rings. The predicted octanol–water partition coefficient (Wildman–Crippen LogP) is 1.94. The molecule has 0 aliphatic heterocycles. The minimum Gasteiger partial charge on any atom is -0.468 e. The number of methoxy groups -OCH3 is 1. The van der Waals surface area contributed by atoms with Crippen molar-refractivity contribution in [3.63, 3.8) is 0 Å². The summed E-state index contributed by atoms with van der Waals surface area (Å²) in [4.78, 5) is 22.8. The van der Waals surface area contributed by atoms with E-state index in [1.54, 1.807) is 0 Å². The summed E-state index contributed by atoms with van der Waals surface area (Å²) in [6.07, 6.45) is 3.07. The first-order valence-corrected chi connectivity index (χ1v) is 5.13. The Kier molecular flexibility index (Phi) is 3.29. The quantitative estimate of drug-likeness (QED) is 0.503. The van der Waals surface area contributed by atoms with Crippen molar-refractivity contribution < 1.29 is 14.3 Å². The van der Waals surface area contributed by atoms with E-state index in [-0.39, 0.29) is 17.2 Å². The standard InChI is InChI=1S/C11H18O3/c1-4-11(2)6-5-9(12)8(7-11)10(13)14-3/h8H,4-7H2,1-3H3. The fraction of sp³-hybridized carbons (Fsp3) is 0.818. The summed E-state index contributed by atoms with van der Waals surface area (Å²) in [6, 6.07) is 0. The Morgan fingerprint density at radius 1 is 1.64 bits per heavy atom. The number of Topliss-reactive ketones (excluding diaryl/α,β-unsaturated/α-hetero) is 1. The maximum absolute atomic E-state index is 11.5. The summed E-state index contributed by atoms with van der Waals surface area (Å²) in [5.74, 6) is -0.837. The molecule has 1 fully saturated rings. The van der Waals surface area contributed by atoms with Gasteiger partial charge in [0.1, 0.15) is 11.7 Å². The second kappa shape index (κ2) is 4.11. The number of ether oxygens (including phenoxy) is 1. The number of hydrogen-bond donors (Lipinski definition) is 0. The van der Waals surface area contributed by atoms with Crippen molar-refractivity contribution >= 4 is 11.8 Å². The van der Waals surface area contributed by atoms with Gasteiger partial charge in [0.2, 0.25) is 0 Å². The maximum atomic E-state index is 11.5. The highest BCUT2D eigenvalue weighted by Crippen LogP contribution is 2.40. The molecule has 0 aromatic carbocycles. The van der Waals surface area contributed by atoms with Crippen LogP contribution in [0.25, 0.3) is 0 Å². The normalized spacial score (nSPS) is 32.8. The molecule has 0 N–H and O–H groups in total. The lowest BCUT2D eigenvalue weighted by Crippen LogP contribution is -2.36. The number of carbonyl (C=O) groups is 2. The first kappa shape index (κ1) is 11.2. The minimum atomic E-state index is -0.515. The number of rotatable bonds is 2. The van der Waals surface area contributed by atoms with E-state index >= 15 is 0 Å². The predicted molar refractivity (Wildman–Crippen MR) is 52.8 cm³/mol. The van der Waals surface area contributed by atoms with Gasteiger partial charge in [-0.1, -0.05) is 20.3 Å². The van der Waals surface area contributed by atoms with E-state index in [1.165, 1.54) is 7.11 Å². The van der Waals surface area contributed by atoms with Crippen molar-refractivity contribution in [2.24, 2.45) is 11.3 Å². The van der Waals surface area contributed by atoms with E-state index in [0.29, 0.717) is 12.8 Å². The van der Waals surface area contributed by atoms with E-state index in [9.17, 15) is 9.59 Å². The molecule has 80 valence electrons. The minimum absolute atomic E-state index is 0.0442. The Hall–Kier alpha value is -0.860. The SMILES string of the molecule is CCC1(C)CCC(=O)C(C(=O)OC)C1. The third kappa shape index (κ3) is 2.14. The third-order valence-electron chi connectivity index (χ3n) is 3.40. The van der Waals surface area contributed by atoms with Crippen LogP contribution in [0.4, 0.5) is 0 Å². The van der Waals surface area contributed by atoms with Crippen LogP contribution in [0, 0.1) is 11.3 Å². The van der Waals surface area contributed by atoms with Crippen molar-refractivity contribution in [1.29, 1.82) is 0 Å². The van der Waals surface area contributed by atoms with Crippen molar-refractivity contribution in [1.82, 2.24) is 0 Å². The number of ketones is 1. The van der Waals surface area contributed by atoms with Gasteiger partial charge < -0.3 is 4.74 Å². The lowest BCUT2D eigenvalue weighted by Gasteiger charge is -2.35. The van der Waals surface area contributed by atoms with Gasteiger partial charge in [-0.05, 0) is 18.3 Å². The molecule has 0 bridgehead atoms. The average molecular weight is 198 g/mol. The molecule has 14 heavy (non-hydrogen) atoms. The Morgan fingerprint density at radius 2 is 2.29 bits per heavy atom. The van der Waals surface area contributed by atoms with Gasteiger partial charge in [-0.3, -0.25) is 9.59 Å². The molecule has 1 rings (SSSR count). The fourth-order valence-electron chi connectivity index (χ4n) is 1.99. The van der Waals surface area contributed by atoms with E-state index in [0.717, 1.165) is 12.8 Å². The third-order valence-corrected chi connectivity index (χ3v) is 3.40. The first-order valence-electron chi connectivity index (χ1n) is 5.13. The van der Waals surface area contributed by atoms with Crippen LogP contribution in [-0.2, 0) is 14.3 Å². The van der Waals surface area contributed by atoms with Crippen molar-refractivity contribution in [3.8, 4) is 0 Å². The summed E-state index contributed by atoms with van der Waals surface area (Å²) in [6.45, 7) is 4.24. The second-order valence-electron chi connectivity index (χ2n) is 4.41. The first-order chi connectivity index (χ1) is 6.52. The van der Waals surface area contributed by atoms with E-state index in [4.69, 9.17) is 0 Å². The molecular formula is C11H18O3. The van der Waals surface area contributed by atoms with Gasteiger partial charge in [-0.2, -0.15) is 0 Å². The van der Waals surface area contributed by atoms with Crippen LogP contribution >= 0.6 is 0 Å². The molecule has 3 heteroatoms. The van der Waals surface area contributed by atoms with Crippen molar-refractivity contribution in [2.75, 3.05) is 7.11 Å². The zero-order valence-corrected chi connectivity index (χ0v) is 9.13. The van der Waals surface area contributed by atoms with Gasteiger partial charge in [-0.15, -0.1) is 0 Å². The van der Waals surface area contributed by atoms with Gasteiger partial charge >= 0.3 is 5.97 Å². The number of esters is 1. The topological polar surface area (TPSA) is 43.4 Å². The molecule has 0 saturated heterocycles. The summed E-state index contributed by atoms with van der Waals surface area (Å²) in [7, 11) is 1.34. The van der Waals surface area contributed by atoms with Crippen LogP contribution in [-0.4, -0.2) is 18.9 Å². The van der Waals surface area contributed by atoms with Crippen molar-refractivity contribution in [3.05, 3.63) is 0 Å². The summed E-state index contributed by atoms with van der Waals surface area (Å²) < 4.78 is 4.64. The Labute approximate surface area is 84.8 Å². The zero-order chi connectivity index (χ0) is 10.8. The van der Waals surface area contributed by atoms with Gasteiger partial charge in [-0.25, -0.2) is 0 Å². The summed E-state index contributed by atoms with van der Waals surface area (Å²) in [5.41, 5.74) is 0.132. The lowest BCUT2D eigenvalue weighted by atomic mass is 9.69. The van der Waals surface area contributed by atoms with E-state index < -0.39 is 5.92 Å². The van der Waals surface area contributed by atoms with Gasteiger partial charge in [0.05, 0.1) is 7.11 Å². The molecule has 3 nitrogen and oxygen atoms in total. The number of hydrogen-bond acceptors (Lipinski definition) is 3. The van der Waals surface area contributed by atoms with Crippen LogP contribution in [0.5, 0.6) is 0 Å². The second-order valence-corrected chi connectivity index (χ2v) is 4.41. The van der Waals surface area contributed by atoms with Gasteiger partial charge in [0, 0.05) is 6.42 Å². The smallest absolute Gasteiger partial charge is 0.316 e. The zero-order valence-electron chi connectivity index (χ0n) is 9.13. The molecule has 0 amide bonds. The highest BCUT2D eigenvalue weighted by molar-refractivity contribution is 5.99. The molecule has 1 saturated carbocycles. The number of carbonyl (C=O) groups excluding carboxylic acids is 2. The summed E-state index contributed by atoms with van der Waals surface area (Å²) >= 11 is 0. The summed E-state index contributed by atoms with van der Waals surface area (Å²) in [5, 5.41) is 0. The molecule has 0 heterocycles. The van der Waals surface area contributed by atoms with Gasteiger partial charge in [0.25, 0.3) is 0 Å². The molecular weight excluding hydrogens is 180 g/mol. The maximum Gasteiger partial charge on any atom is 0.316 e. The molecule has 2 atom stereocenters. The lowest BCUT2D eigenvalue weighted by molar-refractivity contribution is -0.152. The highest BCUT2D eigenvalue weighted by atomic mass is 16.5. The van der Waals surface area contributed by atoms with Crippen LogP contribution in [0.1, 0.15) is 39.5 Å². The van der Waals surface area contributed by atoms with Crippen LogP contribution in [0.15, 0.2) is 0 Å². The Balaban J connectivity index is 2.74. The molecule has 0 aromatic heterocycles. The van der Waals surface area contributed by atoms with Gasteiger partial charge in [0.15, 0.2) is 0 Å². The van der Waals surface area contributed by atoms with Crippen molar-refractivity contribution in [2.45, 2.75) is 39.5 Å². The average Bonchev–Trinajstić information content (AvgIpc) is 2.21. The molecule has 2 unspecified atom stereocenters.